The van der Waals surface area contributed by atoms with E-state index >= 15 is 0 Å². The van der Waals surface area contributed by atoms with Crippen molar-refractivity contribution < 1.29 is 28.9 Å². The van der Waals surface area contributed by atoms with Gasteiger partial charge in [0.05, 0.1) is 13.2 Å². The maximum Gasteiger partial charge on any atom is 0.329 e. The first-order valence-electron chi connectivity index (χ1n) is 12.0. The highest BCUT2D eigenvalue weighted by Gasteiger charge is 2.35. The van der Waals surface area contributed by atoms with Crippen LogP contribution in [0.25, 0.3) is 0 Å². The van der Waals surface area contributed by atoms with Gasteiger partial charge >= 0.3 is 5.97 Å². The number of aromatic hydroxyl groups is 1. The van der Waals surface area contributed by atoms with Crippen LogP contribution in [0.1, 0.15) is 77.2 Å². The molecule has 1 aliphatic heterocycles. The lowest BCUT2D eigenvalue weighted by Crippen LogP contribution is -2.44. The summed E-state index contributed by atoms with van der Waals surface area (Å²) in [6.45, 7) is 11.1. The summed E-state index contributed by atoms with van der Waals surface area (Å²) in [5, 5.41) is 12.9. The van der Waals surface area contributed by atoms with Crippen LogP contribution in [0, 0.1) is 17.8 Å². The third-order valence-electron chi connectivity index (χ3n) is 5.95. The van der Waals surface area contributed by atoms with Crippen molar-refractivity contribution in [1.29, 1.82) is 0 Å². The number of rotatable bonds is 9. The SMILES string of the molecule is COc1ccnc(C(=O)N[C@H]2CCC[C@H](CCC(C)C)[C@@H](OCC(C)C)[C@H](C)OC2=O)c1O. The number of nitrogens with zero attached hydrogens (tertiary/aromatic N) is 1. The maximum atomic E-state index is 13.0. The van der Waals surface area contributed by atoms with E-state index in [-0.39, 0.29) is 29.2 Å². The zero-order valence-electron chi connectivity index (χ0n) is 20.8. The zero-order valence-corrected chi connectivity index (χ0v) is 20.8. The van der Waals surface area contributed by atoms with Gasteiger partial charge in [-0.3, -0.25) is 4.79 Å². The minimum Gasteiger partial charge on any atom is -0.503 e. The molecule has 186 valence electrons. The molecule has 0 spiro atoms. The van der Waals surface area contributed by atoms with Crippen LogP contribution < -0.4 is 10.1 Å². The first kappa shape index (κ1) is 26.9. The maximum absolute atomic E-state index is 13.0. The van der Waals surface area contributed by atoms with Crippen molar-refractivity contribution in [2.75, 3.05) is 13.7 Å². The Morgan fingerprint density at radius 1 is 1.27 bits per heavy atom. The number of pyridine rings is 1. The van der Waals surface area contributed by atoms with Crippen molar-refractivity contribution in [2.24, 2.45) is 17.8 Å². The normalized spacial score (nSPS) is 24.1. The number of carbonyl (C=O) groups is 2. The van der Waals surface area contributed by atoms with Gasteiger partial charge in [0.2, 0.25) is 0 Å². The molecular weight excluding hydrogens is 424 g/mol. The molecule has 4 atom stereocenters. The van der Waals surface area contributed by atoms with E-state index < -0.39 is 24.0 Å². The van der Waals surface area contributed by atoms with Crippen molar-refractivity contribution in [3.05, 3.63) is 18.0 Å². The topological polar surface area (TPSA) is 107 Å². The zero-order chi connectivity index (χ0) is 24.5. The second-order valence-corrected chi connectivity index (χ2v) is 9.73. The summed E-state index contributed by atoms with van der Waals surface area (Å²) < 4.78 is 17.1. The summed E-state index contributed by atoms with van der Waals surface area (Å²) in [5.74, 6) is -0.146. The third-order valence-corrected chi connectivity index (χ3v) is 5.95. The van der Waals surface area contributed by atoms with Gasteiger partial charge in [-0.2, -0.15) is 0 Å². The monoisotopic (exact) mass is 464 g/mol. The summed E-state index contributed by atoms with van der Waals surface area (Å²) in [7, 11) is 1.39. The number of aromatic nitrogens is 1. The Hall–Kier alpha value is -2.35. The molecule has 8 heteroatoms. The number of hydrogen-bond acceptors (Lipinski definition) is 7. The van der Waals surface area contributed by atoms with Crippen LogP contribution in [0.3, 0.4) is 0 Å². The molecule has 8 nitrogen and oxygen atoms in total. The Balaban J connectivity index is 2.17. The molecule has 0 saturated carbocycles. The molecule has 0 radical (unpaired) electrons. The highest BCUT2D eigenvalue weighted by Crippen LogP contribution is 2.30. The number of amides is 1. The second-order valence-electron chi connectivity index (χ2n) is 9.73. The second kappa shape index (κ2) is 12.8. The summed E-state index contributed by atoms with van der Waals surface area (Å²) in [6.07, 6.45) is 4.89. The van der Waals surface area contributed by atoms with E-state index in [0.717, 1.165) is 25.7 Å². The van der Waals surface area contributed by atoms with Crippen molar-refractivity contribution in [3.63, 3.8) is 0 Å². The molecule has 0 aliphatic carbocycles. The molecule has 0 aromatic carbocycles. The molecule has 33 heavy (non-hydrogen) atoms. The van der Waals surface area contributed by atoms with Crippen molar-refractivity contribution in [2.45, 2.75) is 85.0 Å². The Morgan fingerprint density at radius 2 is 2.00 bits per heavy atom. The summed E-state index contributed by atoms with van der Waals surface area (Å²) in [5.41, 5.74) is -0.192. The molecule has 1 aromatic rings. The van der Waals surface area contributed by atoms with E-state index in [1.807, 2.05) is 6.92 Å². The third kappa shape index (κ3) is 7.88. The lowest BCUT2D eigenvalue weighted by atomic mass is 9.86. The van der Waals surface area contributed by atoms with Crippen LogP contribution >= 0.6 is 0 Å². The molecule has 1 saturated heterocycles. The number of cyclic esters (lactones) is 1. The quantitative estimate of drug-likeness (QED) is 0.530. The van der Waals surface area contributed by atoms with Gasteiger partial charge in [0.15, 0.2) is 17.2 Å². The Labute approximate surface area is 197 Å². The molecular formula is C25H40N2O6. The number of ether oxygens (including phenoxy) is 3. The van der Waals surface area contributed by atoms with Gasteiger partial charge in [-0.05, 0) is 43.9 Å². The van der Waals surface area contributed by atoms with Gasteiger partial charge in [-0.25, -0.2) is 9.78 Å². The molecule has 1 fully saturated rings. The van der Waals surface area contributed by atoms with Crippen molar-refractivity contribution in [1.82, 2.24) is 10.3 Å². The molecule has 2 rings (SSSR count). The van der Waals surface area contributed by atoms with Crippen molar-refractivity contribution >= 4 is 11.9 Å². The number of esters is 1. The predicted molar refractivity (Wildman–Crippen MR) is 125 cm³/mol. The summed E-state index contributed by atoms with van der Waals surface area (Å²) in [6, 6.07) is 0.623. The lowest BCUT2D eigenvalue weighted by Gasteiger charge is -2.32. The van der Waals surface area contributed by atoms with Crippen LogP contribution in [-0.4, -0.2) is 53.9 Å². The smallest absolute Gasteiger partial charge is 0.329 e. The minimum atomic E-state index is -0.832. The average Bonchev–Trinajstić information content (AvgIpc) is 2.80. The molecule has 2 heterocycles. The van der Waals surface area contributed by atoms with Gasteiger partial charge in [-0.15, -0.1) is 0 Å². The van der Waals surface area contributed by atoms with Gasteiger partial charge in [0.1, 0.15) is 12.1 Å². The van der Waals surface area contributed by atoms with Crippen LogP contribution in [0.5, 0.6) is 11.5 Å². The lowest BCUT2D eigenvalue weighted by molar-refractivity contribution is -0.161. The minimum absolute atomic E-state index is 0.138. The summed E-state index contributed by atoms with van der Waals surface area (Å²) in [4.78, 5) is 29.7. The van der Waals surface area contributed by atoms with E-state index in [0.29, 0.717) is 24.9 Å². The van der Waals surface area contributed by atoms with E-state index in [2.05, 4.69) is 38.0 Å². The first-order chi connectivity index (χ1) is 15.6. The van der Waals surface area contributed by atoms with E-state index in [1.54, 1.807) is 0 Å². The number of nitrogens with one attached hydrogen (secondary N) is 1. The van der Waals surface area contributed by atoms with Crippen LogP contribution in [0.15, 0.2) is 12.3 Å². The molecule has 1 aromatic heterocycles. The number of carbonyl (C=O) groups excluding carboxylic acids is 2. The largest absolute Gasteiger partial charge is 0.503 e. The Morgan fingerprint density at radius 3 is 2.64 bits per heavy atom. The van der Waals surface area contributed by atoms with Gasteiger partial charge in [0.25, 0.3) is 5.91 Å². The fourth-order valence-corrected chi connectivity index (χ4v) is 4.14. The molecule has 0 unspecified atom stereocenters. The van der Waals surface area contributed by atoms with Crippen molar-refractivity contribution in [3.8, 4) is 11.5 Å². The highest BCUT2D eigenvalue weighted by molar-refractivity contribution is 5.97. The van der Waals surface area contributed by atoms with Gasteiger partial charge in [0, 0.05) is 18.9 Å². The predicted octanol–water partition coefficient (Wildman–Crippen LogP) is 4.10. The fourth-order valence-electron chi connectivity index (χ4n) is 4.14. The number of methoxy groups -OCH3 is 1. The molecule has 1 aliphatic rings. The van der Waals surface area contributed by atoms with Gasteiger partial charge < -0.3 is 24.6 Å². The molecule has 1 amide bonds. The number of hydrogen-bond donors (Lipinski definition) is 2. The Kier molecular flexibility index (Phi) is 10.4. The molecule has 0 bridgehead atoms. The van der Waals surface area contributed by atoms with Crippen LogP contribution in [-0.2, 0) is 14.3 Å². The first-order valence-corrected chi connectivity index (χ1v) is 12.0. The van der Waals surface area contributed by atoms with Crippen LogP contribution in [0.4, 0.5) is 0 Å². The molecule has 2 N–H and O–H groups in total. The highest BCUT2D eigenvalue weighted by atomic mass is 16.6. The van der Waals surface area contributed by atoms with E-state index in [4.69, 9.17) is 14.2 Å². The average molecular weight is 465 g/mol. The van der Waals surface area contributed by atoms with Gasteiger partial charge in [-0.1, -0.05) is 40.5 Å². The fraction of sp³-hybridized carbons (Fsp3) is 0.720. The van der Waals surface area contributed by atoms with Crippen LogP contribution in [0.2, 0.25) is 0 Å². The summed E-state index contributed by atoms with van der Waals surface area (Å²) >= 11 is 0. The Bertz CT molecular complexity index is 782. The van der Waals surface area contributed by atoms with E-state index in [9.17, 15) is 14.7 Å². The van der Waals surface area contributed by atoms with E-state index in [1.165, 1.54) is 19.4 Å². The standard InChI is InChI=1S/C25H40N2O6/c1-15(2)10-11-18-8-7-9-19(25(30)33-17(5)23(18)32-14-16(3)4)27-24(29)21-22(28)20(31-6)12-13-26-21/h12-13,15-19,23,28H,7-11,14H2,1-6H3,(H,27,29)/t17-,18+,19-,23-/m0/s1.